The first kappa shape index (κ1) is 18.1. The summed E-state index contributed by atoms with van der Waals surface area (Å²) in [7, 11) is -11.2. The summed E-state index contributed by atoms with van der Waals surface area (Å²) < 4.78 is 82.0. The van der Waals surface area contributed by atoms with E-state index < -0.39 is 36.4 Å². The number of halogens is 3. The molecular weight excluding hydrogens is 351 g/mol. The highest BCUT2D eigenvalue weighted by atomic mass is 32.3. The van der Waals surface area contributed by atoms with Crippen LogP contribution in [0.3, 0.4) is 0 Å². The normalized spacial score (nSPS) is 12.7. The molecule has 0 aliphatic rings. The maximum Gasteiger partial charge on any atom is 0.512 e. The number of pyridine rings is 1. The van der Waals surface area contributed by atoms with Crippen molar-refractivity contribution in [3.05, 3.63) is 31.1 Å². The zero-order valence-corrected chi connectivity index (χ0v) is 12.1. The molecule has 1 aromatic rings. The molecule has 1 amide bonds. The van der Waals surface area contributed by atoms with E-state index in [-0.39, 0.29) is 5.69 Å². The number of aromatic nitrogens is 1. The molecule has 0 saturated carbocycles. The van der Waals surface area contributed by atoms with E-state index in [1.54, 1.807) is 0 Å². The van der Waals surface area contributed by atoms with Gasteiger partial charge in [-0.2, -0.15) is 13.2 Å². The van der Waals surface area contributed by atoms with Crippen molar-refractivity contribution in [1.82, 2.24) is 9.11 Å². The van der Waals surface area contributed by atoms with E-state index in [9.17, 15) is 34.8 Å². The Morgan fingerprint density at radius 3 is 2.32 bits per heavy atom. The predicted molar refractivity (Wildman–Crippen MR) is 68.4 cm³/mol. The van der Waals surface area contributed by atoms with Crippen LogP contribution in [0.4, 0.5) is 18.9 Å². The first-order valence-corrected chi connectivity index (χ1v) is 8.09. The average molecular weight is 359 g/mol. The molecule has 22 heavy (non-hydrogen) atoms. The molecule has 8 nitrogen and oxygen atoms in total. The number of alkyl halides is 3. The van der Waals surface area contributed by atoms with E-state index in [0.717, 1.165) is 18.3 Å². The zero-order valence-electron chi connectivity index (χ0n) is 10.5. The van der Waals surface area contributed by atoms with Crippen LogP contribution in [0.25, 0.3) is 0 Å². The van der Waals surface area contributed by atoms with Gasteiger partial charge >= 0.3 is 15.5 Å². The van der Waals surface area contributed by atoms with Gasteiger partial charge in [-0.15, -0.1) is 0 Å². The first-order chi connectivity index (χ1) is 9.89. The summed E-state index contributed by atoms with van der Waals surface area (Å²) in [6, 6.07) is 0.725. The topological polar surface area (TPSA) is 122 Å². The minimum atomic E-state index is -6.11. The van der Waals surface area contributed by atoms with Gasteiger partial charge in [0.1, 0.15) is 4.90 Å². The summed E-state index contributed by atoms with van der Waals surface area (Å²) in [4.78, 5) is 13.5. The Bertz CT molecular complexity index is 802. The molecule has 1 rings (SSSR count). The minimum Gasteiger partial charge on any atom is -0.321 e. The average Bonchev–Trinajstić information content (AvgIpc) is 2.36. The number of anilines is 1. The molecule has 0 saturated heterocycles. The Balaban J connectivity index is 3.17. The molecule has 1 heterocycles. The van der Waals surface area contributed by atoms with Crippen LogP contribution in [0, 0.1) is 0 Å². The number of carbonyl (C=O) groups is 1. The van der Waals surface area contributed by atoms with Crippen molar-refractivity contribution >= 4 is 31.6 Å². The van der Waals surface area contributed by atoms with E-state index in [4.69, 9.17) is 0 Å². The Labute approximate surface area is 123 Å². The second kappa shape index (κ2) is 6.02. The molecule has 0 radical (unpaired) electrons. The van der Waals surface area contributed by atoms with Gasteiger partial charge in [0, 0.05) is 6.20 Å². The third-order valence-corrected chi connectivity index (χ3v) is 5.21. The first-order valence-electron chi connectivity index (χ1n) is 5.12. The monoisotopic (exact) mass is 359 g/mol. The highest BCUT2D eigenvalue weighted by Crippen LogP contribution is 2.24. The molecule has 0 atom stereocenters. The SMILES string of the molecule is C=CC(=O)Nc1cncc(S(=O)(=O)NS(=O)(=O)C(F)(F)F)c1. The number of carbonyl (C=O) groups excluding carboxylic acids is 1. The van der Waals surface area contributed by atoms with Crippen LogP contribution in [0.15, 0.2) is 36.0 Å². The zero-order chi connectivity index (χ0) is 17.2. The maximum atomic E-state index is 12.2. The molecule has 0 spiro atoms. The van der Waals surface area contributed by atoms with Crippen molar-refractivity contribution in [2.24, 2.45) is 0 Å². The van der Waals surface area contributed by atoms with Gasteiger partial charge in [-0.25, -0.2) is 16.8 Å². The maximum absolute atomic E-state index is 12.2. The molecular formula is C9H8F3N3O5S2. The Morgan fingerprint density at radius 1 is 1.23 bits per heavy atom. The van der Waals surface area contributed by atoms with E-state index in [0.29, 0.717) is 10.3 Å². The molecule has 0 aliphatic carbocycles. The van der Waals surface area contributed by atoms with Gasteiger partial charge in [0.2, 0.25) is 5.91 Å². The van der Waals surface area contributed by atoms with Gasteiger partial charge in [-0.05, 0) is 12.1 Å². The van der Waals surface area contributed by atoms with Gasteiger partial charge < -0.3 is 5.32 Å². The number of rotatable bonds is 5. The summed E-state index contributed by atoms with van der Waals surface area (Å²) in [6.07, 6.45) is 2.46. The summed E-state index contributed by atoms with van der Waals surface area (Å²) in [5.74, 6) is -0.729. The van der Waals surface area contributed by atoms with Gasteiger partial charge in [0.15, 0.2) is 0 Å². The number of hydrogen-bond acceptors (Lipinski definition) is 6. The summed E-state index contributed by atoms with van der Waals surface area (Å²) in [6.45, 7) is 3.14. The van der Waals surface area contributed by atoms with Crippen molar-refractivity contribution < 1.29 is 34.8 Å². The second-order valence-corrected chi connectivity index (χ2v) is 7.25. The van der Waals surface area contributed by atoms with Crippen molar-refractivity contribution in [1.29, 1.82) is 0 Å². The summed E-state index contributed by atoms with van der Waals surface area (Å²) in [5.41, 5.74) is -5.99. The second-order valence-electron chi connectivity index (χ2n) is 3.64. The van der Waals surface area contributed by atoms with Crippen LogP contribution < -0.4 is 9.44 Å². The number of nitrogens with zero attached hydrogens (tertiary/aromatic N) is 1. The smallest absolute Gasteiger partial charge is 0.321 e. The van der Waals surface area contributed by atoms with Crippen LogP contribution in [-0.2, 0) is 24.8 Å². The van der Waals surface area contributed by atoms with Crippen molar-refractivity contribution in [3.8, 4) is 0 Å². The van der Waals surface area contributed by atoms with Gasteiger partial charge in [-0.1, -0.05) is 10.7 Å². The highest BCUT2D eigenvalue weighted by molar-refractivity contribution is 8.05. The van der Waals surface area contributed by atoms with Crippen LogP contribution in [-0.4, -0.2) is 33.2 Å². The largest absolute Gasteiger partial charge is 0.512 e. The van der Waals surface area contributed by atoms with E-state index >= 15 is 0 Å². The van der Waals surface area contributed by atoms with Crippen LogP contribution >= 0.6 is 0 Å². The quantitative estimate of drug-likeness (QED) is 0.731. The number of nitrogens with one attached hydrogen (secondary N) is 2. The van der Waals surface area contributed by atoms with E-state index in [1.807, 2.05) is 0 Å². The molecule has 0 aromatic carbocycles. The molecule has 1 aromatic heterocycles. The van der Waals surface area contributed by atoms with Crippen LogP contribution in [0.5, 0.6) is 0 Å². The lowest BCUT2D eigenvalue weighted by atomic mass is 10.4. The molecule has 0 aliphatic heterocycles. The van der Waals surface area contributed by atoms with Crippen molar-refractivity contribution in [2.75, 3.05) is 5.32 Å². The third-order valence-electron chi connectivity index (χ3n) is 2.00. The lowest BCUT2D eigenvalue weighted by Crippen LogP contribution is -2.40. The van der Waals surface area contributed by atoms with Crippen LogP contribution in [0.2, 0.25) is 0 Å². The molecule has 0 fully saturated rings. The van der Waals surface area contributed by atoms with Crippen LogP contribution in [0.1, 0.15) is 0 Å². The number of sulfonamides is 2. The fourth-order valence-corrected chi connectivity index (χ4v) is 3.47. The van der Waals surface area contributed by atoms with E-state index in [1.165, 1.54) is 0 Å². The molecule has 0 unspecified atom stereocenters. The molecule has 122 valence electrons. The Morgan fingerprint density at radius 2 is 1.82 bits per heavy atom. The highest BCUT2D eigenvalue weighted by Gasteiger charge is 2.48. The molecule has 2 N–H and O–H groups in total. The Hall–Kier alpha value is -1.99. The lowest BCUT2D eigenvalue weighted by molar-refractivity contribution is -0.111. The number of amides is 1. The summed E-state index contributed by atoms with van der Waals surface area (Å²) in [5, 5.41) is 2.11. The standard InChI is InChI=1S/C9H8F3N3O5S2/c1-2-8(16)14-6-3-7(5-13-4-6)21(17,18)15-22(19,20)9(10,11)12/h2-5,15H,1H2,(H,14,16). The van der Waals surface area contributed by atoms with E-state index in [2.05, 4.69) is 16.9 Å². The minimum absolute atomic E-state index is 0.183. The van der Waals surface area contributed by atoms with Gasteiger partial charge in [-0.3, -0.25) is 9.78 Å². The van der Waals surface area contributed by atoms with Gasteiger partial charge in [0.05, 0.1) is 11.9 Å². The molecule has 0 bridgehead atoms. The fourth-order valence-electron chi connectivity index (χ4n) is 1.07. The van der Waals surface area contributed by atoms with Crippen molar-refractivity contribution in [2.45, 2.75) is 10.4 Å². The lowest BCUT2D eigenvalue weighted by Gasteiger charge is -2.10. The summed E-state index contributed by atoms with van der Waals surface area (Å²) >= 11 is 0. The number of hydrogen-bond donors (Lipinski definition) is 2. The van der Waals surface area contributed by atoms with Gasteiger partial charge in [0.25, 0.3) is 10.0 Å². The molecule has 13 heteroatoms. The predicted octanol–water partition coefficient (Wildman–Crippen LogP) is 0.334. The fraction of sp³-hybridized carbons (Fsp3) is 0.111. The third kappa shape index (κ3) is 4.25. The van der Waals surface area contributed by atoms with Crippen molar-refractivity contribution in [3.63, 3.8) is 0 Å². The Kier molecular flexibility index (Phi) is 4.94.